The van der Waals surface area contributed by atoms with Gasteiger partial charge >= 0.3 is 0 Å². The van der Waals surface area contributed by atoms with Gasteiger partial charge in [-0.1, -0.05) is 12.1 Å². The number of benzene rings is 1. The molecule has 1 heterocycles. The first-order valence-corrected chi connectivity index (χ1v) is 10.0. The molecular weight excluding hydrogens is 485 g/mol. The van der Waals surface area contributed by atoms with Crippen LogP contribution in [0.2, 0.25) is 0 Å². The van der Waals surface area contributed by atoms with Crippen LogP contribution in [0.25, 0.3) is 0 Å². The van der Waals surface area contributed by atoms with Gasteiger partial charge in [-0.3, -0.25) is 0 Å². The van der Waals surface area contributed by atoms with Crippen LogP contribution in [0.3, 0.4) is 0 Å². The molecule has 28 heavy (non-hydrogen) atoms. The van der Waals surface area contributed by atoms with Crippen molar-refractivity contribution < 1.29 is 4.74 Å². The number of methoxy groups -OCH3 is 1. The average molecular weight is 517 g/mol. The fourth-order valence-electron chi connectivity index (χ4n) is 2.85. The molecule has 0 spiro atoms. The van der Waals surface area contributed by atoms with Gasteiger partial charge in [-0.15, -0.1) is 35.3 Å². The summed E-state index contributed by atoms with van der Waals surface area (Å²) in [6.07, 6.45) is 0. The van der Waals surface area contributed by atoms with Crippen molar-refractivity contribution in [3.63, 3.8) is 0 Å². The molecule has 2 aromatic rings. The number of hydrogen-bond acceptors (Lipinski definition) is 5. The molecule has 156 valence electrons. The van der Waals surface area contributed by atoms with Crippen LogP contribution in [0.1, 0.15) is 34.1 Å². The van der Waals surface area contributed by atoms with E-state index in [0.717, 1.165) is 35.5 Å². The lowest BCUT2D eigenvalue weighted by atomic mass is 10.1. The number of aryl methyl sites for hydroxylation is 2. The second kappa shape index (κ2) is 12.2. The van der Waals surface area contributed by atoms with Crippen LogP contribution in [0.4, 0.5) is 0 Å². The molecule has 0 fully saturated rings. The highest BCUT2D eigenvalue weighted by Gasteiger charge is 2.15. The zero-order valence-corrected chi connectivity index (χ0v) is 20.7. The van der Waals surface area contributed by atoms with Crippen molar-refractivity contribution in [1.29, 1.82) is 0 Å². The normalized spacial score (nSPS) is 12.5. The Hall–Kier alpha value is -1.39. The molecule has 1 aromatic heterocycles. The van der Waals surface area contributed by atoms with Crippen LogP contribution in [-0.2, 0) is 6.54 Å². The number of hydrogen-bond donors (Lipinski definition) is 2. The summed E-state index contributed by atoms with van der Waals surface area (Å²) in [5, 5.41) is 7.89. The molecule has 0 amide bonds. The fourth-order valence-corrected chi connectivity index (χ4v) is 3.72. The van der Waals surface area contributed by atoms with E-state index in [2.05, 4.69) is 53.7 Å². The maximum atomic E-state index is 5.37. The Morgan fingerprint density at radius 1 is 1.29 bits per heavy atom. The second-order valence-corrected chi connectivity index (χ2v) is 7.86. The summed E-state index contributed by atoms with van der Waals surface area (Å²) in [5.74, 6) is 1.69. The van der Waals surface area contributed by atoms with Gasteiger partial charge in [0.15, 0.2) is 5.96 Å². The van der Waals surface area contributed by atoms with Crippen molar-refractivity contribution in [1.82, 2.24) is 20.5 Å². The molecule has 0 radical (unpaired) electrons. The molecule has 0 aliphatic carbocycles. The third-order valence-electron chi connectivity index (χ3n) is 4.29. The Morgan fingerprint density at radius 2 is 2.04 bits per heavy atom. The van der Waals surface area contributed by atoms with Gasteiger partial charge in [0.1, 0.15) is 5.75 Å². The van der Waals surface area contributed by atoms with Crippen LogP contribution in [-0.4, -0.2) is 50.1 Å². The minimum Gasteiger partial charge on any atom is -0.497 e. The van der Waals surface area contributed by atoms with Crippen LogP contribution in [0.5, 0.6) is 5.75 Å². The number of ether oxygens (including phenoxy) is 1. The highest BCUT2D eigenvalue weighted by molar-refractivity contribution is 14.0. The van der Waals surface area contributed by atoms with Crippen LogP contribution >= 0.6 is 35.3 Å². The van der Waals surface area contributed by atoms with Crippen LogP contribution < -0.4 is 15.4 Å². The van der Waals surface area contributed by atoms with Gasteiger partial charge < -0.3 is 20.3 Å². The Bertz CT molecular complexity index is 763. The number of guanidine groups is 1. The third kappa shape index (κ3) is 7.21. The zero-order chi connectivity index (χ0) is 19.8. The first-order chi connectivity index (χ1) is 12.9. The summed E-state index contributed by atoms with van der Waals surface area (Å²) in [6, 6.07) is 8.41. The lowest BCUT2D eigenvalue weighted by Crippen LogP contribution is -2.41. The van der Waals surface area contributed by atoms with E-state index in [1.165, 1.54) is 10.4 Å². The van der Waals surface area contributed by atoms with Crippen molar-refractivity contribution in [3.8, 4) is 5.75 Å². The third-order valence-corrected chi connectivity index (χ3v) is 5.35. The quantitative estimate of drug-likeness (QED) is 0.318. The van der Waals surface area contributed by atoms with E-state index in [-0.39, 0.29) is 30.0 Å². The first-order valence-electron chi connectivity index (χ1n) is 9.20. The van der Waals surface area contributed by atoms with Crippen molar-refractivity contribution in [3.05, 3.63) is 45.4 Å². The van der Waals surface area contributed by atoms with Gasteiger partial charge in [-0.25, -0.2) is 9.98 Å². The summed E-state index contributed by atoms with van der Waals surface area (Å²) in [4.78, 5) is 12.6. The van der Waals surface area contributed by atoms with E-state index in [0.29, 0.717) is 6.54 Å². The predicted octanol–water partition coefficient (Wildman–Crippen LogP) is 3.74. The number of thiazole rings is 1. The van der Waals surface area contributed by atoms with Crippen molar-refractivity contribution in [2.24, 2.45) is 4.99 Å². The van der Waals surface area contributed by atoms with E-state index in [9.17, 15) is 0 Å². The maximum absolute atomic E-state index is 5.37. The van der Waals surface area contributed by atoms with Gasteiger partial charge in [0.2, 0.25) is 0 Å². The van der Waals surface area contributed by atoms with Gasteiger partial charge in [0, 0.05) is 18.0 Å². The SMILES string of the molecule is CCNC(=NCc1sc(C)nc1C)NCC(c1cccc(OC)c1)N(C)C.I. The van der Waals surface area contributed by atoms with E-state index >= 15 is 0 Å². The first kappa shape index (κ1) is 24.6. The molecule has 1 atom stereocenters. The van der Waals surface area contributed by atoms with E-state index in [1.807, 2.05) is 26.0 Å². The van der Waals surface area contributed by atoms with Crippen LogP contribution in [0.15, 0.2) is 29.3 Å². The zero-order valence-electron chi connectivity index (χ0n) is 17.6. The topological polar surface area (TPSA) is 61.8 Å². The van der Waals surface area contributed by atoms with Gasteiger partial charge in [-0.05, 0) is 52.6 Å². The van der Waals surface area contributed by atoms with Gasteiger partial charge in [-0.2, -0.15) is 0 Å². The molecular formula is C20H32IN5OS. The Balaban J connectivity index is 0.00000392. The number of likely N-dealkylation sites (N-methyl/N-ethyl adjacent to an activating group) is 1. The molecule has 0 saturated carbocycles. The standard InChI is InChI=1S/C20H31N5OS.HI/c1-7-21-20(23-13-19-14(2)24-15(3)27-19)22-12-18(25(4)5)16-9-8-10-17(11-16)26-6;/h8-11,18H,7,12-13H2,1-6H3,(H2,21,22,23);1H. The highest BCUT2D eigenvalue weighted by Crippen LogP contribution is 2.22. The average Bonchev–Trinajstić information content (AvgIpc) is 2.97. The van der Waals surface area contributed by atoms with Crippen LogP contribution in [0, 0.1) is 13.8 Å². The number of aromatic nitrogens is 1. The molecule has 1 unspecified atom stereocenters. The Kier molecular flexibility index (Phi) is 10.8. The molecule has 1 aromatic carbocycles. The molecule has 8 heteroatoms. The minimum atomic E-state index is 0. The fraction of sp³-hybridized carbons (Fsp3) is 0.500. The Morgan fingerprint density at radius 3 is 2.61 bits per heavy atom. The summed E-state index contributed by atoms with van der Waals surface area (Å²) in [6.45, 7) is 8.35. The molecule has 0 saturated heterocycles. The molecule has 0 bridgehead atoms. The maximum Gasteiger partial charge on any atom is 0.191 e. The van der Waals surface area contributed by atoms with E-state index in [1.54, 1.807) is 18.4 Å². The Labute approximate surface area is 189 Å². The van der Waals surface area contributed by atoms with E-state index < -0.39 is 0 Å². The lowest BCUT2D eigenvalue weighted by Gasteiger charge is -2.26. The largest absolute Gasteiger partial charge is 0.497 e. The molecule has 2 N–H and O–H groups in total. The number of nitrogens with zero attached hydrogens (tertiary/aromatic N) is 3. The van der Waals surface area contributed by atoms with Gasteiger partial charge in [0.05, 0.1) is 30.4 Å². The summed E-state index contributed by atoms with van der Waals surface area (Å²) in [5.41, 5.74) is 2.27. The second-order valence-electron chi connectivity index (χ2n) is 6.57. The van der Waals surface area contributed by atoms with Crippen molar-refractivity contribution >= 4 is 41.3 Å². The summed E-state index contributed by atoms with van der Waals surface area (Å²) in [7, 11) is 5.86. The van der Waals surface area contributed by atoms with Crippen molar-refractivity contribution in [2.75, 3.05) is 34.3 Å². The number of nitrogens with one attached hydrogen (secondary N) is 2. The molecule has 6 nitrogen and oxygen atoms in total. The predicted molar refractivity (Wildman–Crippen MR) is 129 cm³/mol. The summed E-state index contributed by atoms with van der Waals surface area (Å²) >= 11 is 1.71. The van der Waals surface area contributed by atoms with Gasteiger partial charge in [0.25, 0.3) is 0 Å². The molecule has 2 rings (SSSR count). The highest BCUT2D eigenvalue weighted by atomic mass is 127. The molecule has 0 aliphatic rings. The monoisotopic (exact) mass is 517 g/mol. The van der Waals surface area contributed by atoms with Crippen molar-refractivity contribution in [2.45, 2.75) is 33.4 Å². The number of aliphatic imine (C=N–C) groups is 1. The summed E-state index contributed by atoms with van der Waals surface area (Å²) < 4.78 is 5.37. The minimum absolute atomic E-state index is 0. The van der Waals surface area contributed by atoms with E-state index in [4.69, 9.17) is 9.73 Å². The molecule has 0 aliphatic heterocycles. The number of rotatable bonds is 8. The lowest BCUT2D eigenvalue weighted by molar-refractivity contribution is 0.297. The smallest absolute Gasteiger partial charge is 0.191 e. The number of halogens is 1.